The summed E-state index contributed by atoms with van der Waals surface area (Å²) in [5, 5.41) is 0.526. The minimum atomic E-state index is -0.283. The van der Waals surface area contributed by atoms with Crippen molar-refractivity contribution >= 4 is 27.5 Å². The average Bonchev–Trinajstić information content (AvgIpc) is 2.41. The Morgan fingerprint density at radius 1 is 1.42 bits per heavy atom. The Kier molecular flexibility index (Phi) is 4.87. The van der Waals surface area contributed by atoms with Gasteiger partial charge in [-0.2, -0.15) is 0 Å². The Morgan fingerprint density at radius 3 is 2.89 bits per heavy atom. The van der Waals surface area contributed by atoms with Crippen molar-refractivity contribution in [3.05, 3.63) is 63.1 Å². The van der Waals surface area contributed by atoms with Crippen LogP contribution in [0.5, 0.6) is 0 Å². The van der Waals surface area contributed by atoms with Gasteiger partial charge in [-0.1, -0.05) is 27.5 Å². The molecule has 19 heavy (non-hydrogen) atoms. The van der Waals surface area contributed by atoms with Gasteiger partial charge in [0.15, 0.2) is 0 Å². The quantitative estimate of drug-likeness (QED) is 0.660. The Balaban J connectivity index is 2.29. The SMILES string of the molecule is NNC(Cc1cc(F)ccc1Br)c1ccncc1Cl. The molecule has 1 aromatic carbocycles. The normalized spacial score (nSPS) is 12.4. The van der Waals surface area contributed by atoms with E-state index in [0.717, 1.165) is 15.6 Å². The van der Waals surface area contributed by atoms with Crippen molar-refractivity contribution in [1.82, 2.24) is 10.4 Å². The van der Waals surface area contributed by atoms with Crippen molar-refractivity contribution in [2.75, 3.05) is 0 Å². The van der Waals surface area contributed by atoms with E-state index in [1.54, 1.807) is 24.5 Å². The number of halogens is 3. The molecule has 0 amide bonds. The number of benzene rings is 1. The standard InChI is InChI=1S/C13H12BrClFN3/c14-11-2-1-9(16)5-8(11)6-13(19-17)10-3-4-18-7-12(10)15/h1-5,7,13,19H,6,17H2. The molecular formula is C13H12BrClFN3. The molecule has 1 unspecified atom stereocenters. The molecular weight excluding hydrogens is 333 g/mol. The molecule has 0 spiro atoms. The summed E-state index contributed by atoms with van der Waals surface area (Å²) in [5.74, 6) is 5.29. The first kappa shape index (κ1) is 14.4. The molecule has 1 aromatic heterocycles. The lowest BCUT2D eigenvalue weighted by Gasteiger charge is -2.18. The summed E-state index contributed by atoms with van der Waals surface area (Å²) in [6.45, 7) is 0. The van der Waals surface area contributed by atoms with Gasteiger partial charge in [0.05, 0.1) is 11.1 Å². The van der Waals surface area contributed by atoms with Crippen molar-refractivity contribution in [2.24, 2.45) is 5.84 Å². The van der Waals surface area contributed by atoms with Crippen LogP contribution in [-0.4, -0.2) is 4.98 Å². The number of rotatable bonds is 4. The second kappa shape index (κ2) is 6.43. The van der Waals surface area contributed by atoms with E-state index in [9.17, 15) is 4.39 Å². The highest BCUT2D eigenvalue weighted by Gasteiger charge is 2.15. The molecule has 2 rings (SSSR count). The van der Waals surface area contributed by atoms with Gasteiger partial charge in [-0.05, 0) is 41.8 Å². The van der Waals surface area contributed by atoms with Gasteiger partial charge in [0.25, 0.3) is 0 Å². The maximum atomic E-state index is 13.3. The third kappa shape index (κ3) is 3.51. The summed E-state index contributed by atoms with van der Waals surface area (Å²) in [6.07, 6.45) is 3.71. The van der Waals surface area contributed by atoms with Crippen LogP contribution in [0.3, 0.4) is 0 Å². The lowest BCUT2D eigenvalue weighted by atomic mass is 10.0. The summed E-state index contributed by atoms with van der Waals surface area (Å²) in [6, 6.07) is 6.13. The highest BCUT2D eigenvalue weighted by atomic mass is 79.9. The number of nitrogens with zero attached hydrogens (tertiary/aromatic N) is 1. The number of hydrazine groups is 1. The Hall–Kier alpha value is -1.01. The first-order valence-corrected chi connectivity index (χ1v) is 6.78. The van der Waals surface area contributed by atoms with Gasteiger partial charge in [-0.15, -0.1) is 0 Å². The number of pyridine rings is 1. The smallest absolute Gasteiger partial charge is 0.123 e. The lowest BCUT2D eigenvalue weighted by molar-refractivity contribution is 0.547. The van der Waals surface area contributed by atoms with E-state index in [2.05, 4.69) is 26.3 Å². The van der Waals surface area contributed by atoms with Gasteiger partial charge in [0.2, 0.25) is 0 Å². The van der Waals surface area contributed by atoms with Crippen molar-refractivity contribution in [3.63, 3.8) is 0 Å². The van der Waals surface area contributed by atoms with E-state index in [0.29, 0.717) is 11.4 Å². The first-order chi connectivity index (χ1) is 9.11. The Labute approximate surface area is 124 Å². The molecule has 0 saturated carbocycles. The summed E-state index contributed by atoms with van der Waals surface area (Å²) < 4.78 is 14.1. The topological polar surface area (TPSA) is 50.9 Å². The van der Waals surface area contributed by atoms with Crippen molar-refractivity contribution in [1.29, 1.82) is 0 Å². The molecule has 0 aliphatic rings. The highest BCUT2D eigenvalue weighted by Crippen LogP contribution is 2.27. The third-order valence-electron chi connectivity index (χ3n) is 2.81. The zero-order chi connectivity index (χ0) is 13.8. The fraction of sp³-hybridized carbons (Fsp3) is 0.154. The van der Waals surface area contributed by atoms with Crippen molar-refractivity contribution in [2.45, 2.75) is 12.5 Å². The number of aromatic nitrogens is 1. The van der Waals surface area contributed by atoms with Crippen LogP contribution in [0.2, 0.25) is 5.02 Å². The van der Waals surface area contributed by atoms with Gasteiger partial charge in [-0.25, -0.2) is 4.39 Å². The van der Waals surface area contributed by atoms with Gasteiger partial charge < -0.3 is 0 Å². The van der Waals surface area contributed by atoms with E-state index in [-0.39, 0.29) is 11.9 Å². The molecule has 0 saturated heterocycles. The summed E-state index contributed by atoms with van der Waals surface area (Å²) in [5.41, 5.74) is 4.34. The zero-order valence-electron chi connectivity index (χ0n) is 9.91. The van der Waals surface area contributed by atoms with Gasteiger partial charge in [0.1, 0.15) is 5.82 Å². The predicted molar refractivity (Wildman–Crippen MR) is 77.1 cm³/mol. The fourth-order valence-electron chi connectivity index (χ4n) is 1.85. The van der Waals surface area contributed by atoms with E-state index >= 15 is 0 Å². The number of nitrogens with one attached hydrogen (secondary N) is 1. The van der Waals surface area contributed by atoms with Crippen LogP contribution >= 0.6 is 27.5 Å². The first-order valence-electron chi connectivity index (χ1n) is 5.61. The van der Waals surface area contributed by atoms with E-state index in [1.807, 2.05) is 0 Å². The Bertz CT molecular complexity index is 580. The zero-order valence-corrected chi connectivity index (χ0v) is 12.2. The number of nitrogens with two attached hydrogens (primary N) is 1. The minimum absolute atomic E-state index is 0.214. The molecule has 0 aliphatic carbocycles. The van der Waals surface area contributed by atoms with Crippen molar-refractivity contribution in [3.8, 4) is 0 Å². The monoisotopic (exact) mass is 343 g/mol. The molecule has 2 aromatic rings. The van der Waals surface area contributed by atoms with Crippen LogP contribution in [0.1, 0.15) is 17.2 Å². The molecule has 1 atom stereocenters. The third-order valence-corrected chi connectivity index (χ3v) is 3.90. The van der Waals surface area contributed by atoms with Crippen molar-refractivity contribution < 1.29 is 4.39 Å². The van der Waals surface area contributed by atoms with E-state index < -0.39 is 0 Å². The van der Waals surface area contributed by atoms with Crippen LogP contribution < -0.4 is 11.3 Å². The summed E-state index contributed by atoms with van der Waals surface area (Å²) >= 11 is 9.49. The fourth-order valence-corrected chi connectivity index (χ4v) is 2.51. The average molecular weight is 345 g/mol. The summed E-state index contributed by atoms with van der Waals surface area (Å²) in [7, 11) is 0. The number of hydrogen-bond donors (Lipinski definition) is 2. The van der Waals surface area contributed by atoms with E-state index in [1.165, 1.54) is 12.1 Å². The van der Waals surface area contributed by atoms with Gasteiger partial charge >= 0.3 is 0 Å². The maximum absolute atomic E-state index is 13.3. The minimum Gasteiger partial charge on any atom is -0.271 e. The molecule has 3 nitrogen and oxygen atoms in total. The lowest BCUT2D eigenvalue weighted by Crippen LogP contribution is -2.30. The number of hydrogen-bond acceptors (Lipinski definition) is 3. The molecule has 6 heteroatoms. The summed E-state index contributed by atoms with van der Waals surface area (Å²) in [4.78, 5) is 3.93. The van der Waals surface area contributed by atoms with Crippen LogP contribution in [0, 0.1) is 5.82 Å². The second-order valence-corrected chi connectivity index (χ2v) is 5.32. The highest BCUT2D eigenvalue weighted by molar-refractivity contribution is 9.10. The van der Waals surface area contributed by atoms with Crippen LogP contribution in [0.25, 0.3) is 0 Å². The molecule has 3 N–H and O–H groups in total. The van der Waals surface area contributed by atoms with Gasteiger partial charge in [0, 0.05) is 16.9 Å². The largest absolute Gasteiger partial charge is 0.271 e. The molecule has 0 radical (unpaired) electrons. The Morgan fingerprint density at radius 2 is 2.21 bits per heavy atom. The maximum Gasteiger partial charge on any atom is 0.123 e. The second-order valence-electron chi connectivity index (χ2n) is 4.06. The van der Waals surface area contributed by atoms with Crippen LogP contribution in [-0.2, 0) is 6.42 Å². The van der Waals surface area contributed by atoms with Crippen LogP contribution in [0.15, 0.2) is 41.1 Å². The molecule has 100 valence electrons. The van der Waals surface area contributed by atoms with E-state index in [4.69, 9.17) is 17.4 Å². The molecule has 1 heterocycles. The molecule has 0 aliphatic heterocycles. The van der Waals surface area contributed by atoms with Gasteiger partial charge in [-0.3, -0.25) is 16.3 Å². The van der Waals surface area contributed by atoms with Crippen LogP contribution in [0.4, 0.5) is 4.39 Å². The molecule has 0 fully saturated rings. The molecule has 0 bridgehead atoms. The predicted octanol–water partition coefficient (Wildman–Crippen LogP) is 3.38.